The van der Waals surface area contributed by atoms with Gasteiger partial charge in [0, 0.05) is 11.1 Å². The highest BCUT2D eigenvalue weighted by Crippen LogP contribution is 2.53. The minimum Gasteiger partial charge on any atom is -0.302 e. The molecule has 25 heavy (non-hydrogen) atoms. The molecule has 3 heterocycles. The lowest BCUT2D eigenvalue weighted by molar-refractivity contribution is -0.116. The fourth-order valence-corrected chi connectivity index (χ4v) is 5.07. The summed E-state index contributed by atoms with van der Waals surface area (Å²) >= 11 is 0.824. The van der Waals surface area contributed by atoms with Gasteiger partial charge < -0.3 is 4.90 Å². The van der Waals surface area contributed by atoms with Crippen molar-refractivity contribution in [1.82, 2.24) is 5.32 Å². The fraction of sp³-hybridized carbons (Fsp3) is 0.421. The summed E-state index contributed by atoms with van der Waals surface area (Å²) in [7, 11) is 0. The number of amides is 3. The van der Waals surface area contributed by atoms with Gasteiger partial charge in [-0.2, -0.15) is 0 Å². The predicted molar refractivity (Wildman–Crippen MR) is 98.5 cm³/mol. The van der Waals surface area contributed by atoms with Crippen LogP contribution in [0.4, 0.5) is 10.5 Å². The fourth-order valence-electron chi connectivity index (χ4n) is 4.29. The Morgan fingerprint density at radius 1 is 1.28 bits per heavy atom. The Balaban J connectivity index is 2.06. The van der Waals surface area contributed by atoms with Crippen molar-refractivity contribution in [2.75, 3.05) is 4.90 Å². The molecule has 1 atom stereocenters. The van der Waals surface area contributed by atoms with E-state index in [2.05, 4.69) is 39.1 Å². The topological polar surface area (TPSA) is 66.5 Å². The summed E-state index contributed by atoms with van der Waals surface area (Å²) in [4.78, 5) is 39.2. The average molecular weight is 356 g/mol. The summed E-state index contributed by atoms with van der Waals surface area (Å²) in [5.41, 5.74) is 4.06. The van der Waals surface area contributed by atoms with E-state index < -0.39 is 11.1 Å². The molecule has 1 saturated heterocycles. The van der Waals surface area contributed by atoms with E-state index in [1.54, 1.807) is 0 Å². The number of anilines is 1. The standard InChI is InChI=1S/C19H20N2O3S/c1-5-10-6-11-9(2)8-19(3,4)21-14(11)12(7-10)13(17(21)23)15-16(22)20-18(24)25-15/h6-7,9H,5,8H2,1-4H3,(H,20,22,24). The monoisotopic (exact) mass is 356 g/mol. The van der Waals surface area contributed by atoms with E-state index >= 15 is 0 Å². The lowest BCUT2D eigenvalue weighted by Crippen LogP contribution is -2.49. The Morgan fingerprint density at radius 3 is 2.60 bits per heavy atom. The largest absolute Gasteiger partial charge is 0.302 e. The molecular weight excluding hydrogens is 336 g/mol. The van der Waals surface area contributed by atoms with Gasteiger partial charge in [-0.15, -0.1) is 0 Å². The third-order valence-electron chi connectivity index (χ3n) is 5.30. The molecule has 0 spiro atoms. The van der Waals surface area contributed by atoms with Crippen molar-refractivity contribution >= 4 is 40.1 Å². The lowest BCUT2D eigenvalue weighted by atomic mass is 9.79. The van der Waals surface area contributed by atoms with Crippen LogP contribution in [-0.2, 0) is 16.0 Å². The van der Waals surface area contributed by atoms with Crippen LogP contribution in [0.25, 0.3) is 5.57 Å². The van der Waals surface area contributed by atoms with Crippen LogP contribution >= 0.6 is 11.8 Å². The highest BCUT2D eigenvalue weighted by Gasteiger charge is 2.49. The van der Waals surface area contributed by atoms with Crippen molar-refractivity contribution in [3.63, 3.8) is 0 Å². The van der Waals surface area contributed by atoms with Crippen LogP contribution in [0.1, 0.15) is 56.7 Å². The second-order valence-corrected chi connectivity index (χ2v) is 8.52. The van der Waals surface area contributed by atoms with E-state index in [9.17, 15) is 14.4 Å². The Morgan fingerprint density at radius 2 is 2.00 bits per heavy atom. The van der Waals surface area contributed by atoms with Gasteiger partial charge in [-0.25, -0.2) is 0 Å². The summed E-state index contributed by atoms with van der Waals surface area (Å²) in [6, 6.07) is 4.18. The van der Waals surface area contributed by atoms with Gasteiger partial charge in [0.15, 0.2) is 0 Å². The molecule has 0 aliphatic carbocycles. The van der Waals surface area contributed by atoms with Crippen LogP contribution in [0.5, 0.6) is 0 Å². The zero-order valence-corrected chi connectivity index (χ0v) is 15.5. The average Bonchev–Trinajstić information content (AvgIpc) is 3.00. The minimum atomic E-state index is -0.472. The molecule has 5 nitrogen and oxygen atoms in total. The van der Waals surface area contributed by atoms with Crippen molar-refractivity contribution in [3.8, 4) is 0 Å². The predicted octanol–water partition coefficient (Wildman–Crippen LogP) is 3.58. The molecule has 6 heteroatoms. The van der Waals surface area contributed by atoms with Gasteiger partial charge >= 0.3 is 0 Å². The molecular formula is C19H20N2O3S. The Bertz CT molecular complexity index is 885. The quantitative estimate of drug-likeness (QED) is 0.781. The summed E-state index contributed by atoms with van der Waals surface area (Å²) < 4.78 is 0. The lowest BCUT2D eigenvalue weighted by Gasteiger charge is -2.43. The first kappa shape index (κ1) is 16.4. The normalized spacial score (nSPS) is 27.0. The number of aryl methyl sites for hydroxylation is 1. The highest BCUT2D eigenvalue weighted by molar-refractivity contribution is 8.18. The SMILES string of the molecule is CCc1cc2c3c(c1)C(C)CC(C)(C)N3C(=O)C2=C1SC(=O)NC1=O. The molecule has 0 radical (unpaired) electrons. The van der Waals surface area contributed by atoms with Gasteiger partial charge in [0.2, 0.25) is 0 Å². The van der Waals surface area contributed by atoms with E-state index in [-0.39, 0.29) is 16.4 Å². The molecule has 1 fully saturated rings. The van der Waals surface area contributed by atoms with Gasteiger partial charge in [-0.1, -0.05) is 19.9 Å². The van der Waals surface area contributed by atoms with Crippen LogP contribution in [0.2, 0.25) is 0 Å². The van der Waals surface area contributed by atoms with E-state index in [0.29, 0.717) is 11.5 Å². The number of rotatable bonds is 1. The van der Waals surface area contributed by atoms with Gasteiger partial charge in [-0.05, 0) is 61.6 Å². The molecule has 0 saturated carbocycles. The zero-order valence-electron chi connectivity index (χ0n) is 14.7. The molecule has 0 bridgehead atoms. The first-order valence-corrected chi connectivity index (χ1v) is 9.35. The second kappa shape index (κ2) is 5.21. The first-order valence-electron chi connectivity index (χ1n) is 8.53. The van der Waals surface area contributed by atoms with Crippen molar-refractivity contribution in [2.45, 2.75) is 52.0 Å². The second-order valence-electron chi connectivity index (χ2n) is 7.54. The van der Waals surface area contributed by atoms with E-state index in [1.807, 2.05) is 11.0 Å². The van der Waals surface area contributed by atoms with Crippen LogP contribution in [0, 0.1) is 0 Å². The zero-order chi connectivity index (χ0) is 18.1. The summed E-state index contributed by atoms with van der Waals surface area (Å²) in [5.74, 6) is -0.316. The number of carbonyl (C=O) groups is 3. The van der Waals surface area contributed by atoms with E-state index in [1.165, 1.54) is 0 Å². The maximum Gasteiger partial charge on any atom is 0.290 e. The van der Waals surface area contributed by atoms with Crippen molar-refractivity contribution < 1.29 is 14.4 Å². The van der Waals surface area contributed by atoms with Crippen LogP contribution < -0.4 is 10.2 Å². The molecule has 4 rings (SSSR count). The van der Waals surface area contributed by atoms with Gasteiger partial charge in [0.05, 0.1) is 16.2 Å². The molecule has 1 aromatic rings. The number of nitrogens with one attached hydrogen (secondary N) is 1. The van der Waals surface area contributed by atoms with Crippen LogP contribution in [0.15, 0.2) is 17.0 Å². The van der Waals surface area contributed by atoms with Gasteiger partial charge in [-0.3, -0.25) is 19.7 Å². The number of imide groups is 1. The van der Waals surface area contributed by atoms with Crippen molar-refractivity contribution in [1.29, 1.82) is 0 Å². The smallest absolute Gasteiger partial charge is 0.290 e. The highest BCUT2D eigenvalue weighted by atomic mass is 32.2. The summed E-state index contributed by atoms with van der Waals surface area (Å²) in [6.45, 7) is 8.38. The van der Waals surface area contributed by atoms with Crippen molar-refractivity contribution in [3.05, 3.63) is 33.7 Å². The number of carbonyl (C=O) groups excluding carboxylic acids is 3. The molecule has 1 N–H and O–H groups in total. The summed E-state index contributed by atoms with van der Waals surface area (Å²) in [5, 5.41) is 1.85. The number of benzene rings is 1. The number of nitrogens with zero attached hydrogens (tertiary/aromatic N) is 1. The first-order chi connectivity index (χ1) is 11.7. The minimum absolute atomic E-state index is 0.172. The number of hydrogen-bond acceptors (Lipinski definition) is 4. The van der Waals surface area contributed by atoms with E-state index in [4.69, 9.17) is 0 Å². The van der Waals surface area contributed by atoms with E-state index in [0.717, 1.165) is 47.0 Å². The van der Waals surface area contributed by atoms with Crippen LogP contribution in [0.3, 0.4) is 0 Å². The third-order valence-corrected chi connectivity index (χ3v) is 6.18. The Hall–Kier alpha value is -2.08. The molecule has 130 valence electrons. The number of hydrogen-bond donors (Lipinski definition) is 1. The molecule has 3 amide bonds. The molecule has 1 aromatic carbocycles. The number of thioether (sulfide) groups is 1. The summed E-state index contributed by atoms with van der Waals surface area (Å²) in [6.07, 6.45) is 1.71. The van der Waals surface area contributed by atoms with Gasteiger partial charge in [0.1, 0.15) is 0 Å². The van der Waals surface area contributed by atoms with Gasteiger partial charge in [0.25, 0.3) is 17.1 Å². The Labute approximate surface area is 150 Å². The van der Waals surface area contributed by atoms with Crippen LogP contribution in [-0.4, -0.2) is 22.6 Å². The third kappa shape index (κ3) is 2.20. The molecule has 0 aromatic heterocycles. The molecule has 1 unspecified atom stereocenters. The maximum atomic E-state index is 13.3. The molecule has 3 aliphatic rings. The van der Waals surface area contributed by atoms with Crippen molar-refractivity contribution in [2.24, 2.45) is 0 Å². The Kier molecular flexibility index (Phi) is 3.41. The maximum absolute atomic E-state index is 13.3. The molecule has 3 aliphatic heterocycles.